The first-order valence-corrected chi connectivity index (χ1v) is 5.26. The third kappa shape index (κ3) is 2.80. The Bertz CT molecular complexity index is 315. The van der Waals surface area contributed by atoms with E-state index in [9.17, 15) is 21.6 Å². The van der Waals surface area contributed by atoms with Crippen molar-refractivity contribution in [1.82, 2.24) is 4.31 Å². The molecule has 0 rings (SSSR count). The molecular formula is C7H10F3NO2S. The number of unbranched alkanes of at least 4 members (excludes halogenated alkanes) is 1. The average molecular weight is 229 g/mol. The monoisotopic (exact) mass is 229 g/mol. The topological polar surface area (TPSA) is 37.4 Å². The van der Waals surface area contributed by atoms with E-state index < -0.39 is 15.5 Å². The zero-order valence-corrected chi connectivity index (χ0v) is 8.32. The first kappa shape index (κ1) is 13.1. The molecule has 0 atom stereocenters. The molecule has 7 heteroatoms. The molecule has 0 aliphatic carbocycles. The van der Waals surface area contributed by atoms with Crippen molar-refractivity contribution in [3.05, 3.63) is 0 Å². The van der Waals surface area contributed by atoms with Gasteiger partial charge in [-0.3, -0.25) is 0 Å². The number of hydrogen-bond donors (Lipinski definition) is 0. The molecule has 82 valence electrons. The highest BCUT2D eigenvalue weighted by atomic mass is 32.2. The largest absolute Gasteiger partial charge is 0.517 e. The second-order valence-electron chi connectivity index (χ2n) is 2.51. The number of rotatable bonds is 4. The third-order valence-corrected chi connectivity index (χ3v) is 2.89. The molecule has 0 fully saturated rings. The lowest BCUT2D eigenvalue weighted by Gasteiger charge is -2.18. The summed E-state index contributed by atoms with van der Waals surface area (Å²) in [4.78, 5) is 0. The number of sulfonamides is 1. The van der Waals surface area contributed by atoms with Crippen molar-refractivity contribution in [3.8, 4) is 12.5 Å². The molecule has 0 aliphatic heterocycles. The lowest BCUT2D eigenvalue weighted by Crippen LogP contribution is -2.38. The van der Waals surface area contributed by atoms with Gasteiger partial charge in [-0.05, 0) is 6.42 Å². The van der Waals surface area contributed by atoms with Gasteiger partial charge in [-0.2, -0.15) is 21.6 Å². The minimum absolute atomic E-state index is 0.0174. The molecule has 0 saturated carbocycles. The first-order valence-electron chi connectivity index (χ1n) is 3.82. The fourth-order valence-electron chi connectivity index (χ4n) is 0.681. The van der Waals surface area contributed by atoms with Gasteiger partial charge in [0, 0.05) is 12.6 Å². The first-order chi connectivity index (χ1) is 6.27. The molecule has 0 amide bonds. The molecule has 0 aromatic heterocycles. The fourth-order valence-corrected chi connectivity index (χ4v) is 1.44. The molecular weight excluding hydrogens is 219 g/mol. The van der Waals surface area contributed by atoms with Crippen LogP contribution in [0.15, 0.2) is 0 Å². The van der Waals surface area contributed by atoms with Crippen LogP contribution in [0.25, 0.3) is 0 Å². The number of halogens is 3. The predicted molar refractivity (Wildman–Crippen MR) is 45.4 cm³/mol. The summed E-state index contributed by atoms with van der Waals surface area (Å²) in [5.41, 5.74) is -5.33. The Kier molecular flexibility index (Phi) is 4.26. The summed E-state index contributed by atoms with van der Waals surface area (Å²) >= 11 is 0. The molecule has 3 nitrogen and oxygen atoms in total. The van der Waals surface area contributed by atoms with E-state index in [2.05, 4.69) is 0 Å². The van der Waals surface area contributed by atoms with E-state index >= 15 is 0 Å². The number of nitrogens with zero attached hydrogens (tertiary/aromatic N) is 1. The lowest BCUT2D eigenvalue weighted by atomic mass is 10.3. The van der Waals surface area contributed by atoms with Crippen LogP contribution in [0, 0.1) is 12.5 Å². The van der Waals surface area contributed by atoms with Gasteiger partial charge in [0.25, 0.3) is 0 Å². The van der Waals surface area contributed by atoms with Crippen molar-refractivity contribution in [1.29, 1.82) is 0 Å². The van der Waals surface area contributed by atoms with Crippen molar-refractivity contribution in [2.45, 2.75) is 25.3 Å². The van der Waals surface area contributed by atoms with Crippen LogP contribution in [0.2, 0.25) is 0 Å². The molecule has 0 aliphatic rings. The molecule has 0 saturated heterocycles. The minimum Gasteiger partial charge on any atom is -0.221 e. The number of terminal acetylenes is 1. The highest BCUT2D eigenvalue weighted by Gasteiger charge is 2.49. The van der Waals surface area contributed by atoms with Crippen molar-refractivity contribution in [2.75, 3.05) is 6.54 Å². The second-order valence-corrected chi connectivity index (χ2v) is 4.36. The summed E-state index contributed by atoms with van der Waals surface area (Å²) in [7, 11) is -5.36. The van der Waals surface area contributed by atoms with Gasteiger partial charge in [-0.25, -0.2) is 4.31 Å². The summed E-state index contributed by atoms with van der Waals surface area (Å²) in [5, 5.41) is 0. The van der Waals surface area contributed by atoms with Crippen molar-refractivity contribution >= 4 is 10.0 Å². The smallest absolute Gasteiger partial charge is 0.221 e. The number of alkyl halides is 3. The van der Waals surface area contributed by atoms with Gasteiger partial charge in [0.1, 0.15) is 0 Å². The summed E-state index contributed by atoms with van der Waals surface area (Å²) < 4.78 is 57.4. The molecule has 0 radical (unpaired) electrons. The van der Waals surface area contributed by atoms with Gasteiger partial charge in [0.15, 0.2) is 0 Å². The van der Waals surface area contributed by atoms with E-state index in [4.69, 9.17) is 6.42 Å². The SMILES string of the molecule is C#CN(CCCC)S(=O)(=O)C(F)(F)F. The van der Waals surface area contributed by atoms with Crippen LogP contribution in [0.3, 0.4) is 0 Å². The van der Waals surface area contributed by atoms with Crippen molar-refractivity contribution in [3.63, 3.8) is 0 Å². The van der Waals surface area contributed by atoms with Crippen LogP contribution in [-0.4, -0.2) is 24.8 Å². The molecule has 0 aromatic rings. The summed E-state index contributed by atoms with van der Waals surface area (Å²) in [5.74, 6) is 0. The Morgan fingerprint density at radius 2 is 1.93 bits per heavy atom. The summed E-state index contributed by atoms with van der Waals surface area (Å²) in [6, 6.07) is 1.51. The van der Waals surface area contributed by atoms with Crippen LogP contribution in [0.4, 0.5) is 13.2 Å². The van der Waals surface area contributed by atoms with E-state index in [1.807, 2.05) is 0 Å². The Morgan fingerprint density at radius 3 is 2.21 bits per heavy atom. The van der Waals surface area contributed by atoms with Gasteiger partial charge in [-0.15, -0.1) is 0 Å². The van der Waals surface area contributed by atoms with Gasteiger partial charge >= 0.3 is 15.5 Å². The Hall–Kier alpha value is -0.900. The maximum atomic E-state index is 12.0. The van der Waals surface area contributed by atoms with Crippen molar-refractivity contribution in [2.24, 2.45) is 0 Å². The summed E-state index contributed by atoms with van der Waals surface area (Å²) in [6.07, 6.45) is 5.55. The Morgan fingerprint density at radius 1 is 1.43 bits per heavy atom. The molecule has 0 unspecified atom stereocenters. The zero-order valence-electron chi connectivity index (χ0n) is 7.50. The van der Waals surface area contributed by atoms with E-state index in [0.717, 1.165) is 0 Å². The minimum atomic E-state index is -5.36. The van der Waals surface area contributed by atoms with Gasteiger partial charge < -0.3 is 0 Å². The van der Waals surface area contributed by atoms with Crippen LogP contribution >= 0.6 is 0 Å². The van der Waals surface area contributed by atoms with E-state index in [1.54, 1.807) is 6.92 Å². The van der Waals surface area contributed by atoms with Crippen LogP contribution in [0.1, 0.15) is 19.8 Å². The molecule has 0 aromatic carbocycles. The van der Waals surface area contributed by atoms with Crippen LogP contribution in [0.5, 0.6) is 0 Å². The van der Waals surface area contributed by atoms with Crippen molar-refractivity contribution < 1.29 is 21.6 Å². The third-order valence-electron chi connectivity index (χ3n) is 1.44. The lowest BCUT2D eigenvalue weighted by molar-refractivity contribution is -0.0475. The maximum absolute atomic E-state index is 12.0. The predicted octanol–water partition coefficient (Wildman–Crippen LogP) is 1.53. The molecule has 0 spiro atoms. The van der Waals surface area contributed by atoms with E-state index in [-0.39, 0.29) is 10.8 Å². The van der Waals surface area contributed by atoms with E-state index in [1.165, 1.54) is 6.04 Å². The molecule has 0 bridgehead atoms. The fraction of sp³-hybridized carbons (Fsp3) is 0.714. The summed E-state index contributed by atoms with van der Waals surface area (Å²) in [6.45, 7) is 1.41. The molecule has 0 heterocycles. The van der Waals surface area contributed by atoms with E-state index in [0.29, 0.717) is 12.8 Å². The Labute approximate surface area is 80.9 Å². The van der Waals surface area contributed by atoms with Gasteiger partial charge in [0.05, 0.1) is 0 Å². The molecule has 14 heavy (non-hydrogen) atoms. The highest BCUT2D eigenvalue weighted by Crippen LogP contribution is 2.26. The average Bonchev–Trinajstić information content (AvgIpc) is 2.03. The Balaban J connectivity index is 4.80. The van der Waals surface area contributed by atoms with Gasteiger partial charge in [0.2, 0.25) is 0 Å². The normalized spacial score (nSPS) is 12.2. The van der Waals surface area contributed by atoms with Crippen LogP contribution < -0.4 is 0 Å². The van der Waals surface area contributed by atoms with Gasteiger partial charge in [-0.1, -0.05) is 19.8 Å². The van der Waals surface area contributed by atoms with Crippen LogP contribution in [-0.2, 0) is 10.0 Å². The molecule has 0 N–H and O–H groups in total. The maximum Gasteiger partial charge on any atom is 0.517 e. The zero-order chi connectivity index (χ0) is 11.4. The highest BCUT2D eigenvalue weighted by molar-refractivity contribution is 7.90. The standard InChI is InChI=1S/C7H10F3NO2S/c1-3-5-6-11(4-2)14(12,13)7(8,9)10/h2H,3,5-6H2,1H3. The number of hydrogen-bond acceptors (Lipinski definition) is 2. The second kappa shape index (κ2) is 4.55. The quantitative estimate of drug-likeness (QED) is 0.541.